The van der Waals surface area contributed by atoms with Crippen molar-refractivity contribution in [3.8, 4) is 0 Å². The van der Waals surface area contributed by atoms with Crippen molar-refractivity contribution in [3.05, 3.63) is 107 Å². The number of aliphatic carboxylic acids is 1. The van der Waals surface area contributed by atoms with Gasteiger partial charge in [0.05, 0.1) is 12.5 Å². The topological polar surface area (TPSA) is 107 Å². The van der Waals surface area contributed by atoms with Gasteiger partial charge in [-0.05, 0) is 60.6 Å². The monoisotopic (exact) mass is 599 g/mol. The first-order chi connectivity index (χ1) is 20.9. The minimum Gasteiger partial charge on any atom is -0.481 e. The van der Waals surface area contributed by atoms with Gasteiger partial charge in [0.2, 0.25) is 5.91 Å². The number of hydrogen-bond acceptors (Lipinski definition) is 4. The molecule has 1 aliphatic heterocycles. The predicted octanol–water partition coefficient (Wildman–Crippen LogP) is 6.29. The molecular formula is C35H38FN3O5. The molecule has 0 aliphatic carbocycles. The number of nitrogens with zero attached hydrogens (tertiary/aromatic N) is 2. The lowest BCUT2D eigenvalue weighted by molar-refractivity contribution is -0.140. The van der Waals surface area contributed by atoms with Gasteiger partial charge in [0.25, 0.3) is 5.91 Å². The summed E-state index contributed by atoms with van der Waals surface area (Å²) in [5.74, 6) is -2.89. The first-order valence-corrected chi connectivity index (χ1v) is 14.6. The molecular weight excluding hydrogens is 561 g/mol. The first-order valence-electron chi connectivity index (χ1n) is 14.6. The van der Waals surface area contributed by atoms with Crippen LogP contribution in [0.25, 0.3) is 12.2 Å². The molecule has 2 N–H and O–H groups in total. The zero-order chi connectivity index (χ0) is 32.0. The molecule has 2 atom stereocenters. The molecule has 1 saturated heterocycles. The van der Waals surface area contributed by atoms with Gasteiger partial charge < -0.3 is 15.3 Å². The molecule has 0 bridgehead atoms. The molecule has 9 heteroatoms. The van der Waals surface area contributed by atoms with E-state index in [0.717, 1.165) is 21.6 Å². The van der Waals surface area contributed by atoms with Crippen LogP contribution in [0.4, 0.5) is 9.18 Å². The number of benzene rings is 3. The van der Waals surface area contributed by atoms with E-state index >= 15 is 0 Å². The molecule has 4 rings (SSSR count). The minimum atomic E-state index is -1.23. The van der Waals surface area contributed by atoms with Gasteiger partial charge in [0.15, 0.2) is 0 Å². The molecule has 1 unspecified atom stereocenters. The second-order valence-corrected chi connectivity index (χ2v) is 11.9. The third-order valence-electron chi connectivity index (χ3n) is 7.72. The van der Waals surface area contributed by atoms with Crippen molar-refractivity contribution in [3.63, 3.8) is 0 Å². The Morgan fingerprint density at radius 2 is 1.50 bits per heavy atom. The third kappa shape index (κ3) is 7.58. The fourth-order valence-electron chi connectivity index (χ4n) is 5.25. The van der Waals surface area contributed by atoms with E-state index < -0.39 is 53.7 Å². The Bertz CT molecular complexity index is 1520. The summed E-state index contributed by atoms with van der Waals surface area (Å²) in [4.78, 5) is 55.4. The van der Waals surface area contributed by atoms with Crippen LogP contribution in [-0.2, 0) is 20.9 Å². The SMILES string of the molecule is CC(C)C[C@@H](C(=O)NC(CC(=O)O)c1ccc(F)cc1)N1C(=O)N(Cc2ccc(/C=C/c3ccccc3)cc2)C(C)(C)C1=O. The van der Waals surface area contributed by atoms with Crippen molar-refractivity contribution >= 4 is 36.0 Å². The zero-order valence-corrected chi connectivity index (χ0v) is 25.4. The van der Waals surface area contributed by atoms with Gasteiger partial charge in [-0.3, -0.25) is 14.4 Å². The molecule has 0 spiro atoms. The summed E-state index contributed by atoms with van der Waals surface area (Å²) in [7, 11) is 0. The maximum atomic E-state index is 13.9. The van der Waals surface area contributed by atoms with Crippen LogP contribution in [0.1, 0.15) is 68.8 Å². The highest BCUT2D eigenvalue weighted by Crippen LogP contribution is 2.33. The number of carbonyl (C=O) groups excluding carboxylic acids is 3. The van der Waals surface area contributed by atoms with E-state index in [1.165, 1.54) is 29.2 Å². The van der Waals surface area contributed by atoms with E-state index in [9.17, 15) is 28.7 Å². The number of imide groups is 1. The van der Waals surface area contributed by atoms with Crippen molar-refractivity contribution < 1.29 is 28.7 Å². The van der Waals surface area contributed by atoms with Gasteiger partial charge in [-0.1, -0.05) is 92.7 Å². The largest absolute Gasteiger partial charge is 0.481 e. The number of hydrogen-bond donors (Lipinski definition) is 2. The highest BCUT2D eigenvalue weighted by atomic mass is 19.1. The molecule has 1 fully saturated rings. The molecule has 0 aromatic heterocycles. The molecule has 230 valence electrons. The number of carboxylic acids is 1. The Balaban J connectivity index is 1.55. The van der Waals surface area contributed by atoms with E-state index in [2.05, 4.69) is 5.32 Å². The average Bonchev–Trinajstić information content (AvgIpc) is 3.14. The first kappa shape index (κ1) is 32.1. The van der Waals surface area contributed by atoms with E-state index in [4.69, 9.17) is 0 Å². The van der Waals surface area contributed by atoms with Crippen LogP contribution < -0.4 is 5.32 Å². The quantitative estimate of drug-likeness (QED) is 0.188. The van der Waals surface area contributed by atoms with Crippen LogP contribution in [0, 0.1) is 11.7 Å². The van der Waals surface area contributed by atoms with Crippen molar-refractivity contribution in [2.24, 2.45) is 5.92 Å². The molecule has 3 aromatic rings. The van der Waals surface area contributed by atoms with Crippen LogP contribution in [0.2, 0.25) is 0 Å². The lowest BCUT2D eigenvalue weighted by Gasteiger charge is -2.29. The van der Waals surface area contributed by atoms with Gasteiger partial charge in [0.1, 0.15) is 17.4 Å². The second-order valence-electron chi connectivity index (χ2n) is 11.9. The summed E-state index contributed by atoms with van der Waals surface area (Å²) in [5.41, 5.74) is 2.05. The fraction of sp³-hybridized carbons (Fsp3) is 0.314. The molecule has 0 radical (unpaired) electrons. The Morgan fingerprint density at radius 3 is 2.07 bits per heavy atom. The van der Waals surface area contributed by atoms with Crippen LogP contribution in [0.5, 0.6) is 0 Å². The fourth-order valence-corrected chi connectivity index (χ4v) is 5.25. The number of halogens is 1. The summed E-state index contributed by atoms with van der Waals surface area (Å²) in [6, 6.07) is 20.0. The smallest absolute Gasteiger partial charge is 0.328 e. The van der Waals surface area contributed by atoms with E-state index in [1.54, 1.807) is 13.8 Å². The predicted molar refractivity (Wildman–Crippen MR) is 166 cm³/mol. The summed E-state index contributed by atoms with van der Waals surface area (Å²) in [5, 5.41) is 12.2. The highest BCUT2D eigenvalue weighted by Gasteiger charge is 2.54. The number of amides is 4. The van der Waals surface area contributed by atoms with Gasteiger partial charge >= 0.3 is 12.0 Å². The van der Waals surface area contributed by atoms with Crippen LogP contribution in [0.3, 0.4) is 0 Å². The minimum absolute atomic E-state index is 0.0660. The molecule has 1 heterocycles. The van der Waals surface area contributed by atoms with Gasteiger partial charge in [-0.25, -0.2) is 14.1 Å². The Hall–Kier alpha value is -4.79. The maximum Gasteiger partial charge on any atom is 0.328 e. The molecule has 0 saturated carbocycles. The highest BCUT2D eigenvalue weighted by molar-refractivity contribution is 6.09. The summed E-state index contributed by atoms with van der Waals surface area (Å²) in [6.45, 7) is 7.21. The third-order valence-corrected chi connectivity index (χ3v) is 7.72. The van der Waals surface area contributed by atoms with Crippen molar-refractivity contribution in [1.29, 1.82) is 0 Å². The van der Waals surface area contributed by atoms with Crippen molar-refractivity contribution in [1.82, 2.24) is 15.1 Å². The Labute approximate surface area is 257 Å². The summed E-state index contributed by atoms with van der Waals surface area (Å²) in [6.07, 6.45) is 3.73. The lowest BCUT2D eigenvalue weighted by Crippen LogP contribution is -2.52. The van der Waals surface area contributed by atoms with Crippen LogP contribution in [-0.4, -0.2) is 50.3 Å². The number of carbonyl (C=O) groups is 4. The van der Waals surface area contributed by atoms with E-state index in [-0.39, 0.29) is 18.9 Å². The average molecular weight is 600 g/mol. The molecule has 3 aromatic carbocycles. The van der Waals surface area contributed by atoms with Gasteiger partial charge in [-0.15, -0.1) is 0 Å². The standard InChI is InChI=1S/C35H38FN3O5/c1-23(2)20-30(32(42)37-29(21-31(40)41)27-16-18-28(36)19-17-27)39-33(43)35(3,4)38(34(39)44)22-26-14-12-25(13-15-26)11-10-24-8-6-5-7-9-24/h5-19,23,29-30H,20-22H2,1-4H3,(H,37,42)(H,40,41)/b11-10+/t29?,30-/m0/s1. The normalized spacial score (nSPS) is 16.0. The van der Waals surface area contributed by atoms with Gasteiger partial charge in [0, 0.05) is 6.54 Å². The maximum absolute atomic E-state index is 13.9. The number of urea groups is 1. The molecule has 44 heavy (non-hydrogen) atoms. The van der Waals surface area contributed by atoms with E-state index in [0.29, 0.717) is 5.56 Å². The molecule has 1 aliphatic rings. The number of rotatable bonds is 12. The van der Waals surface area contributed by atoms with Crippen molar-refractivity contribution in [2.45, 2.75) is 64.7 Å². The lowest BCUT2D eigenvalue weighted by atomic mass is 9.98. The Kier molecular flexibility index (Phi) is 9.98. The van der Waals surface area contributed by atoms with E-state index in [1.807, 2.05) is 80.6 Å². The van der Waals surface area contributed by atoms with Gasteiger partial charge in [-0.2, -0.15) is 0 Å². The summed E-state index contributed by atoms with van der Waals surface area (Å²) >= 11 is 0. The molecule has 4 amide bonds. The summed E-state index contributed by atoms with van der Waals surface area (Å²) < 4.78 is 13.5. The Morgan fingerprint density at radius 1 is 0.909 bits per heavy atom. The van der Waals surface area contributed by atoms with Crippen LogP contribution >= 0.6 is 0 Å². The molecule has 8 nitrogen and oxygen atoms in total. The number of carboxylic acid groups (broad SMARTS) is 1. The van der Waals surface area contributed by atoms with Crippen molar-refractivity contribution in [2.75, 3.05) is 0 Å². The zero-order valence-electron chi connectivity index (χ0n) is 25.4. The van der Waals surface area contributed by atoms with Crippen LogP contribution in [0.15, 0.2) is 78.9 Å². The number of nitrogens with one attached hydrogen (secondary N) is 1. The second kappa shape index (κ2) is 13.7.